The predicted molar refractivity (Wildman–Crippen MR) is 76.0 cm³/mol. The van der Waals surface area contributed by atoms with Gasteiger partial charge in [-0.1, -0.05) is 26.2 Å². The molecule has 1 atom stereocenters. The molecule has 1 aliphatic rings. The number of halogens is 1. The number of hydrogen-bond acceptors (Lipinski definition) is 2. The first-order valence-corrected chi connectivity index (χ1v) is 7.62. The first kappa shape index (κ1) is 13.9. The summed E-state index contributed by atoms with van der Waals surface area (Å²) in [5.41, 5.74) is 1.13. The molecule has 1 aromatic rings. The van der Waals surface area contributed by atoms with Gasteiger partial charge in [0.2, 0.25) is 0 Å². The number of hydrogen-bond donors (Lipinski definition) is 1. The minimum absolute atomic E-state index is 0.227. The second-order valence-electron chi connectivity index (χ2n) is 5.22. The molecule has 0 aliphatic heterocycles. The van der Waals surface area contributed by atoms with Crippen LogP contribution in [0.15, 0.2) is 12.3 Å². The molecule has 1 aliphatic carbocycles. The molecule has 2 rings (SSSR count). The highest BCUT2D eigenvalue weighted by molar-refractivity contribution is 6.20. The highest BCUT2D eigenvalue weighted by Crippen LogP contribution is 2.27. The standard InChI is InChI=1S/C14H24ClN3/c1-2-12(15)10-16-11-13-8-9-18(17-13)14-6-4-3-5-7-14/h8-9,12,14,16H,2-7,10-11H2,1H3. The van der Waals surface area contributed by atoms with E-state index in [1.807, 2.05) is 0 Å². The Hall–Kier alpha value is -0.540. The van der Waals surface area contributed by atoms with E-state index >= 15 is 0 Å². The van der Waals surface area contributed by atoms with Crippen LogP contribution in [0.5, 0.6) is 0 Å². The van der Waals surface area contributed by atoms with E-state index in [9.17, 15) is 0 Å². The monoisotopic (exact) mass is 269 g/mol. The summed E-state index contributed by atoms with van der Waals surface area (Å²) in [6.45, 7) is 3.79. The molecule has 0 aromatic carbocycles. The second kappa shape index (κ2) is 7.15. The van der Waals surface area contributed by atoms with Crippen molar-refractivity contribution in [3.05, 3.63) is 18.0 Å². The molecule has 1 heterocycles. The molecule has 0 bridgehead atoms. The van der Waals surface area contributed by atoms with E-state index in [1.165, 1.54) is 32.1 Å². The van der Waals surface area contributed by atoms with Gasteiger partial charge >= 0.3 is 0 Å². The zero-order valence-corrected chi connectivity index (χ0v) is 12.0. The van der Waals surface area contributed by atoms with Gasteiger partial charge in [0.05, 0.1) is 11.7 Å². The molecule has 3 nitrogen and oxygen atoms in total. The Morgan fingerprint density at radius 2 is 2.22 bits per heavy atom. The van der Waals surface area contributed by atoms with Crippen LogP contribution in [0.4, 0.5) is 0 Å². The molecule has 4 heteroatoms. The first-order valence-electron chi connectivity index (χ1n) is 7.18. The summed E-state index contributed by atoms with van der Waals surface area (Å²) in [7, 11) is 0. The van der Waals surface area contributed by atoms with Crippen molar-refractivity contribution < 1.29 is 0 Å². The van der Waals surface area contributed by atoms with Crippen LogP contribution < -0.4 is 5.32 Å². The van der Waals surface area contributed by atoms with Crippen LogP contribution in [0.2, 0.25) is 0 Å². The second-order valence-corrected chi connectivity index (χ2v) is 5.83. The van der Waals surface area contributed by atoms with E-state index in [1.54, 1.807) is 0 Å². The lowest BCUT2D eigenvalue weighted by atomic mass is 9.96. The van der Waals surface area contributed by atoms with Gasteiger partial charge in [-0.05, 0) is 25.3 Å². The van der Waals surface area contributed by atoms with Crippen LogP contribution in [0.3, 0.4) is 0 Å². The Kier molecular flexibility index (Phi) is 5.51. The Morgan fingerprint density at radius 1 is 1.44 bits per heavy atom. The summed E-state index contributed by atoms with van der Waals surface area (Å²) in [6, 6.07) is 2.75. The fraction of sp³-hybridized carbons (Fsp3) is 0.786. The molecular weight excluding hydrogens is 246 g/mol. The molecule has 1 unspecified atom stereocenters. The molecule has 1 fully saturated rings. The van der Waals surface area contributed by atoms with Gasteiger partial charge in [-0.3, -0.25) is 4.68 Å². The molecule has 1 aromatic heterocycles. The molecule has 0 spiro atoms. The van der Waals surface area contributed by atoms with E-state index in [2.05, 4.69) is 34.3 Å². The highest BCUT2D eigenvalue weighted by atomic mass is 35.5. The zero-order valence-electron chi connectivity index (χ0n) is 11.2. The van der Waals surface area contributed by atoms with Gasteiger partial charge < -0.3 is 5.32 Å². The summed E-state index contributed by atoms with van der Waals surface area (Å²) in [5.74, 6) is 0. The Balaban J connectivity index is 1.78. The van der Waals surface area contributed by atoms with Gasteiger partial charge in [0, 0.05) is 24.7 Å². The fourth-order valence-electron chi connectivity index (χ4n) is 2.52. The average molecular weight is 270 g/mol. The third-order valence-electron chi connectivity index (χ3n) is 3.73. The van der Waals surface area contributed by atoms with Gasteiger partial charge in [0.25, 0.3) is 0 Å². The van der Waals surface area contributed by atoms with Crippen LogP contribution >= 0.6 is 11.6 Å². The predicted octanol–water partition coefficient (Wildman–Crippen LogP) is 3.50. The third-order valence-corrected chi connectivity index (χ3v) is 4.19. The number of alkyl halides is 1. The Morgan fingerprint density at radius 3 is 2.94 bits per heavy atom. The molecule has 0 saturated heterocycles. The first-order chi connectivity index (χ1) is 8.79. The van der Waals surface area contributed by atoms with Crippen molar-refractivity contribution in [1.29, 1.82) is 0 Å². The summed E-state index contributed by atoms with van der Waals surface area (Å²) in [6.07, 6.45) is 9.80. The summed E-state index contributed by atoms with van der Waals surface area (Å²) in [5, 5.41) is 8.26. The van der Waals surface area contributed by atoms with E-state index in [-0.39, 0.29) is 5.38 Å². The van der Waals surface area contributed by atoms with Gasteiger partial charge in [0.1, 0.15) is 0 Å². The van der Waals surface area contributed by atoms with Crippen molar-refractivity contribution in [1.82, 2.24) is 15.1 Å². The third kappa shape index (κ3) is 3.99. The van der Waals surface area contributed by atoms with Crippen LogP contribution in [-0.4, -0.2) is 21.7 Å². The Bertz CT molecular complexity index is 345. The van der Waals surface area contributed by atoms with Crippen molar-refractivity contribution in [2.45, 2.75) is 63.4 Å². The molecule has 1 saturated carbocycles. The lowest BCUT2D eigenvalue weighted by Crippen LogP contribution is -2.22. The minimum Gasteiger partial charge on any atom is -0.310 e. The van der Waals surface area contributed by atoms with E-state index in [0.717, 1.165) is 25.2 Å². The largest absolute Gasteiger partial charge is 0.310 e. The number of nitrogens with one attached hydrogen (secondary N) is 1. The Labute approximate surface area is 115 Å². The van der Waals surface area contributed by atoms with E-state index in [0.29, 0.717) is 6.04 Å². The van der Waals surface area contributed by atoms with Crippen molar-refractivity contribution in [2.75, 3.05) is 6.54 Å². The van der Waals surface area contributed by atoms with Crippen LogP contribution in [0.1, 0.15) is 57.2 Å². The highest BCUT2D eigenvalue weighted by Gasteiger charge is 2.15. The normalized spacial score (nSPS) is 19.0. The molecule has 1 N–H and O–H groups in total. The zero-order chi connectivity index (χ0) is 12.8. The molecule has 18 heavy (non-hydrogen) atoms. The molecular formula is C14H24ClN3. The lowest BCUT2D eigenvalue weighted by molar-refractivity contribution is 0.327. The maximum atomic E-state index is 6.07. The number of rotatable bonds is 6. The molecule has 0 amide bonds. The quantitative estimate of drug-likeness (QED) is 0.801. The summed E-state index contributed by atoms with van der Waals surface area (Å²) >= 11 is 6.07. The minimum atomic E-state index is 0.227. The van der Waals surface area contributed by atoms with Crippen LogP contribution in [-0.2, 0) is 6.54 Å². The van der Waals surface area contributed by atoms with E-state index < -0.39 is 0 Å². The topological polar surface area (TPSA) is 29.9 Å². The smallest absolute Gasteiger partial charge is 0.0762 e. The van der Waals surface area contributed by atoms with Crippen molar-refractivity contribution in [3.63, 3.8) is 0 Å². The van der Waals surface area contributed by atoms with Crippen LogP contribution in [0, 0.1) is 0 Å². The maximum Gasteiger partial charge on any atom is 0.0762 e. The van der Waals surface area contributed by atoms with Crippen molar-refractivity contribution >= 4 is 11.6 Å². The van der Waals surface area contributed by atoms with Crippen LogP contribution in [0.25, 0.3) is 0 Å². The van der Waals surface area contributed by atoms with Gasteiger partial charge in [-0.25, -0.2) is 0 Å². The summed E-state index contributed by atoms with van der Waals surface area (Å²) < 4.78 is 2.16. The van der Waals surface area contributed by atoms with Crippen molar-refractivity contribution in [2.24, 2.45) is 0 Å². The van der Waals surface area contributed by atoms with Gasteiger partial charge in [0.15, 0.2) is 0 Å². The average Bonchev–Trinajstić information content (AvgIpc) is 2.88. The van der Waals surface area contributed by atoms with Gasteiger partial charge in [-0.2, -0.15) is 5.10 Å². The fourth-order valence-corrected chi connectivity index (χ4v) is 2.63. The lowest BCUT2D eigenvalue weighted by Gasteiger charge is -2.21. The van der Waals surface area contributed by atoms with Gasteiger partial charge in [-0.15, -0.1) is 11.6 Å². The maximum absolute atomic E-state index is 6.07. The number of aromatic nitrogens is 2. The summed E-state index contributed by atoms with van der Waals surface area (Å²) in [4.78, 5) is 0. The van der Waals surface area contributed by atoms with E-state index in [4.69, 9.17) is 11.6 Å². The molecule has 0 radical (unpaired) electrons. The SMILES string of the molecule is CCC(Cl)CNCc1ccn(C2CCCCC2)n1. The molecule has 102 valence electrons. The van der Waals surface area contributed by atoms with Crippen molar-refractivity contribution in [3.8, 4) is 0 Å². The number of nitrogens with zero attached hydrogens (tertiary/aromatic N) is 2.